The molecule has 0 saturated heterocycles. The smallest absolute Gasteiger partial charge is 0.215 e. The highest BCUT2D eigenvalue weighted by Crippen LogP contribution is 2.26. The Morgan fingerprint density at radius 3 is 2.68 bits per heavy atom. The first-order chi connectivity index (χ1) is 9.26. The largest absolute Gasteiger partial charge is 0.478 e. The van der Waals surface area contributed by atoms with E-state index < -0.39 is 0 Å². The minimum atomic E-state index is 0.506. The molecule has 0 spiro atoms. The van der Waals surface area contributed by atoms with E-state index >= 15 is 0 Å². The van der Waals surface area contributed by atoms with Gasteiger partial charge >= 0.3 is 0 Å². The van der Waals surface area contributed by atoms with Crippen molar-refractivity contribution in [3.8, 4) is 5.88 Å². The van der Waals surface area contributed by atoms with Gasteiger partial charge in [0, 0.05) is 25.3 Å². The van der Waals surface area contributed by atoms with Gasteiger partial charge in [0.15, 0.2) is 0 Å². The zero-order valence-electron chi connectivity index (χ0n) is 11.3. The molecule has 2 rings (SSSR count). The Labute approximate surface area is 113 Å². The Morgan fingerprint density at radius 1 is 1.16 bits per heavy atom. The van der Waals surface area contributed by atoms with Crippen molar-refractivity contribution in [3.05, 3.63) is 48.0 Å². The van der Waals surface area contributed by atoms with Crippen molar-refractivity contribution in [2.24, 2.45) is 5.73 Å². The summed E-state index contributed by atoms with van der Waals surface area (Å²) in [5.74, 6) is 1.48. The van der Waals surface area contributed by atoms with Crippen LogP contribution >= 0.6 is 0 Å². The molecule has 1 aromatic heterocycles. The topological polar surface area (TPSA) is 51.4 Å². The predicted octanol–water partition coefficient (Wildman–Crippen LogP) is 2.71. The Kier molecular flexibility index (Phi) is 4.36. The molecule has 100 valence electrons. The molecule has 1 heterocycles. The van der Waals surface area contributed by atoms with Crippen LogP contribution in [0, 0.1) is 0 Å². The summed E-state index contributed by atoms with van der Waals surface area (Å²) in [6, 6.07) is 13.8. The number of nitrogens with two attached hydrogens (primary N) is 1. The molecule has 0 aliphatic carbocycles. The second-order valence-corrected chi connectivity index (χ2v) is 4.16. The SMILES string of the molecule is CCOc1cccc(N(C)c2ccccc2CN)n1. The summed E-state index contributed by atoms with van der Waals surface area (Å²) in [6.07, 6.45) is 0. The van der Waals surface area contributed by atoms with Crippen LogP contribution in [0.25, 0.3) is 0 Å². The van der Waals surface area contributed by atoms with E-state index in [0.29, 0.717) is 19.0 Å². The van der Waals surface area contributed by atoms with Crippen LogP contribution in [0.2, 0.25) is 0 Å². The fourth-order valence-corrected chi connectivity index (χ4v) is 1.95. The standard InChI is InChI=1S/C15H19N3O/c1-3-19-15-10-6-9-14(17-15)18(2)13-8-5-4-7-12(13)11-16/h4-10H,3,11,16H2,1-2H3. The monoisotopic (exact) mass is 257 g/mol. The van der Waals surface area contributed by atoms with E-state index in [2.05, 4.69) is 4.98 Å². The second kappa shape index (κ2) is 6.20. The average Bonchev–Trinajstić information content (AvgIpc) is 2.47. The van der Waals surface area contributed by atoms with Gasteiger partial charge in [0.25, 0.3) is 0 Å². The van der Waals surface area contributed by atoms with Crippen LogP contribution in [0.1, 0.15) is 12.5 Å². The van der Waals surface area contributed by atoms with Crippen LogP contribution in [0.3, 0.4) is 0 Å². The number of benzene rings is 1. The molecule has 2 N–H and O–H groups in total. The van der Waals surface area contributed by atoms with Crippen LogP contribution < -0.4 is 15.4 Å². The third kappa shape index (κ3) is 3.03. The van der Waals surface area contributed by atoms with Crippen LogP contribution in [0.4, 0.5) is 11.5 Å². The summed E-state index contributed by atoms with van der Waals surface area (Å²) < 4.78 is 5.43. The summed E-state index contributed by atoms with van der Waals surface area (Å²) in [6.45, 7) is 3.06. The number of anilines is 2. The van der Waals surface area contributed by atoms with Gasteiger partial charge < -0.3 is 15.4 Å². The van der Waals surface area contributed by atoms with Gasteiger partial charge in [-0.15, -0.1) is 0 Å². The molecule has 0 fully saturated rings. The lowest BCUT2D eigenvalue weighted by Gasteiger charge is -2.21. The minimum Gasteiger partial charge on any atom is -0.478 e. The molecule has 0 saturated carbocycles. The quantitative estimate of drug-likeness (QED) is 0.894. The molecule has 0 bridgehead atoms. The highest BCUT2D eigenvalue weighted by atomic mass is 16.5. The molecule has 1 aromatic carbocycles. The van der Waals surface area contributed by atoms with Crippen LogP contribution in [0.5, 0.6) is 5.88 Å². The maximum atomic E-state index is 5.77. The number of aromatic nitrogens is 1. The highest BCUT2D eigenvalue weighted by molar-refractivity contribution is 5.63. The third-order valence-electron chi connectivity index (χ3n) is 2.92. The summed E-state index contributed by atoms with van der Waals surface area (Å²) in [5.41, 5.74) is 7.92. The Balaban J connectivity index is 2.32. The van der Waals surface area contributed by atoms with Gasteiger partial charge in [-0.05, 0) is 24.6 Å². The number of ether oxygens (including phenoxy) is 1. The first kappa shape index (κ1) is 13.4. The Hall–Kier alpha value is -2.07. The molecule has 0 amide bonds. The van der Waals surface area contributed by atoms with Crippen molar-refractivity contribution in [2.75, 3.05) is 18.6 Å². The summed E-state index contributed by atoms with van der Waals surface area (Å²) in [7, 11) is 1.98. The zero-order valence-corrected chi connectivity index (χ0v) is 11.3. The first-order valence-electron chi connectivity index (χ1n) is 6.37. The maximum Gasteiger partial charge on any atom is 0.215 e. The van der Waals surface area contributed by atoms with E-state index in [1.165, 1.54) is 0 Å². The summed E-state index contributed by atoms with van der Waals surface area (Å²) in [5, 5.41) is 0. The number of nitrogens with zero attached hydrogens (tertiary/aromatic N) is 2. The first-order valence-corrected chi connectivity index (χ1v) is 6.37. The molecule has 0 aliphatic heterocycles. The lowest BCUT2D eigenvalue weighted by atomic mass is 10.1. The van der Waals surface area contributed by atoms with Gasteiger partial charge in [0.05, 0.1) is 6.61 Å². The van der Waals surface area contributed by atoms with Gasteiger partial charge in [-0.3, -0.25) is 0 Å². The van der Waals surface area contributed by atoms with E-state index in [1.807, 2.05) is 61.3 Å². The van der Waals surface area contributed by atoms with Crippen molar-refractivity contribution < 1.29 is 4.74 Å². The van der Waals surface area contributed by atoms with Crippen LogP contribution in [-0.4, -0.2) is 18.6 Å². The van der Waals surface area contributed by atoms with Gasteiger partial charge in [-0.2, -0.15) is 4.98 Å². The minimum absolute atomic E-state index is 0.506. The van der Waals surface area contributed by atoms with Crippen molar-refractivity contribution in [2.45, 2.75) is 13.5 Å². The Morgan fingerprint density at radius 2 is 1.95 bits per heavy atom. The summed E-state index contributed by atoms with van der Waals surface area (Å²) >= 11 is 0. The molecule has 0 radical (unpaired) electrons. The fourth-order valence-electron chi connectivity index (χ4n) is 1.95. The number of hydrogen-bond acceptors (Lipinski definition) is 4. The molecule has 4 nitrogen and oxygen atoms in total. The van der Waals surface area contributed by atoms with Gasteiger partial charge in [0.1, 0.15) is 5.82 Å². The maximum absolute atomic E-state index is 5.77. The van der Waals surface area contributed by atoms with Gasteiger partial charge in [0.2, 0.25) is 5.88 Å². The van der Waals surface area contributed by atoms with Crippen molar-refractivity contribution in [1.29, 1.82) is 0 Å². The van der Waals surface area contributed by atoms with Gasteiger partial charge in [-0.25, -0.2) is 0 Å². The number of pyridine rings is 1. The van der Waals surface area contributed by atoms with E-state index in [4.69, 9.17) is 10.5 Å². The fraction of sp³-hybridized carbons (Fsp3) is 0.267. The normalized spacial score (nSPS) is 10.3. The molecule has 0 aliphatic rings. The zero-order chi connectivity index (χ0) is 13.7. The third-order valence-corrected chi connectivity index (χ3v) is 2.92. The average molecular weight is 257 g/mol. The van der Waals surface area contributed by atoms with E-state index in [0.717, 1.165) is 17.1 Å². The van der Waals surface area contributed by atoms with Crippen molar-refractivity contribution >= 4 is 11.5 Å². The molecular formula is C15H19N3O. The predicted molar refractivity (Wildman–Crippen MR) is 77.8 cm³/mol. The van der Waals surface area contributed by atoms with E-state index in [-0.39, 0.29) is 0 Å². The van der Waals surface area contributed by atoms with E-state index in [1.54, 1.807) is 0 Å². The molecular weight excluding hydrogens is 238 g/mol. The van der Waals surface area contributed by atoms with Crippen molar-refractivity contribution in [1.82, 2.24) is 4.98 Å². The van der Waals surface area contributed by atoms with Crippen molar-refractivity contribution in [3.63, 3.8) is 0 Å². The highest BCUT2D eigenvalue weighted by Gasteiger charge is 2.09. The number of hydrogen-bond donors (Lipinski definition) is 1. The van der Waals surface area contributed by atoms with Gasteiger partial charge in [-0.1, -0.05) is 24.3 Å². The summed E-state index contributed by atoms with van der Waals surface area (Å²) in [4.78, 5) is 6.50. The van der Waals surface area contributed by atoms with E-state index in [9.17, 15) is 0 Å². The molecule has 4 heteroatoms. The van der Waals surface area contributed by atoms with Crippen LogP contribution in [-0.2, 0) is 6.54 Å². The number of para-hydroxylation sites is 1. The molecule has 0 unspecified atom stereocenters. The molecule has 19 heavy (non-hydrogen) atoms. The Bertz CT molecular complexity index is 542. The lowest BCUT2D eigenvalue weighted by Crippen LogP contribution is -2.14. The molecule has 2 aromatic rings. The molecule has 0 atom stereocenters. The second-order valence-electron chi connectivity index (χ2n) is 4.16. The van der Waals surface area contributed by atoms with Crippen LogP contribution in [0.15, 0.2) is 42.5 Å². The lowest BCUT2D eigenvalue weighted by molar-refractivity contribution is 0.327. The number of rotatable bonds is 5.